The van der Waals surface area contributed by atoms with E-state index in [9.17, 15) is 9.59 Å². The first-order chi connectivity index (χ1) is 12.1. The second-order valence-corrected chi connectivity index (χ2v) is 6.18. The first kappa shape index (κ1) is 17.0. The molecule has 130 valence electrons. The SMILES string of the molecule is COc1cccc(N2CCN(C(=O)C(=O)c3ccc(C)cc3)CC2)c1. The van der Waals surface area contributed by atoms with Crippen molar-refractivity contribution >= 4 is 17.4 Å². The molecule has 1 aliphatic rings. The first-order valence-electron chi connectivity index (χ1n) is 8.38. The molecule has 0 N–H and O–H groups in total. The summed E-state index contributed by atoms with van der Waals surface area (Å²) in [4.78, 5) is 28.7. The number of benzene rings is 2. The van der Waals surface area contributed by atoms with Gasteiger partial charge in [0.25, 0.3) is 5.91 Å². The third-order valence-electron chi connectivity index (χ3n) is 4.49. The van der Waals surface area contributed by atoms with Crippen LogP contribution in [-0.4, -0.2) is 49.9 Å². The van der Waals surface area contributed by atoms with Gasteiger partial charge in [0.1, 0.15) is 5.75 Å². The van der Waals surface area contributed by atoms with Crippen molar-refractivity contribution in [2.75, 3.05) is 38.2 Å². The van der Waals surface area contributed by atoms with Gasteiger partial charge in [-0.1, -0.05) is 35.9 Å². The van der Waals surface area contributed by atoms with Crippen LogP contribution in [0.2, 0.25) is 0 Å². The van der Waals surface area contributed by atoms with Crippen LogP contribution in [0.1, 0.15) is 15.9 Å². The first-order valence-corrected chi connectivity index (χ1v) is 8.38. The third kappa shape index (κ3) is 3.82. The Bertz CT molecular complexity index is 763. The van der Waals surface area contributed by atoms with Crippen LogP contribution in [0.15, 0.2) is 48.5 Å². The van der Waals surface area contributed by atoms with Crippen molar-refractivity contribution in [3.8, 4) is 5.75 Å². The second kappa shape index (κ2) is 7.38. The largest absolute Gasteiger partial charge is 0.497 e. The number of hydrogen-bond acceptors (Lipinski definition) is 4. The molecule has 25 heavy (non-hydrogen) atoms. The highest BCUT2D eigenvalue weighted by Gasteiger charge is 2.26. The Labute approximate surface area is 147 Å². The summed E-state index contributed by atoms with van der Waals surface area (Å²) in [6.07, 6.45) is 0. The van der Waals surface area contributed by atoms with Crippen molar-refractivity contribution < 1.29 is 14.3 Å². The average molecular weight is 338 g/mol. The lowest BCUT2D eigenvalue weighted by Gasteiger charge is -2.35. The molecule has 0 saturated carbocycles. The molecule has 1 saturated heterocycles. The van der Waals surface area contributed by atoms with Crippen LogP contribution in [0.4, 0.5) is 5.69 Å². The lowest BCUT2D eigenvalue weighted by atomic mass is 10.1. The Morgan fingerprint density at radius 2 is 1.64 bits per heavy atom. The van der Waals surface area contributed by atoms with Gasteiger partial charge in [0, 0.05) is 43.5 Å². The Kier molecular flexibility index (Phi) is 5.03. The molecule has 5 nitrogen and oxygen atoms in total. The topological polar surface area (TPSA) is 49.9 Å². The molecule has 3 rings (SSSR count). The number of aryl methyl sites for hydroxylation is 1. The number of amides is 1. The Balaban J connectivity index is 1.62. The summed E-state index contributed by atoms with van der Waals surface area (Å²) >= 11 is 0. The van der Waals surface area contributed by atoms with Crippen molar-refractivity contribution in [1.29, 1.82) is 0 Å². The molecule has 1 fully saturated rings. The van der Waals surface area contributed by atoms with Crippen molar-refractivity contribution in [3.63, 3.8) is 0 Å². The molecule has 1 heterocycles. The molecule has 0 atom stereocenters. The van der Waals surface area contributed by atoms with Gasteiger partial charge in [-0.2, -0.15) is 0 Å². The van der Waals surface area contributed by atoms with E-state index in [4.69, 9.17) is 4.74 Å². The van der Waals surface area contributed by atoms with E-state index in [1.165, 1.54) is 0 Å². The van der Waals surface area contributed by atoms with E-state index in [1.54, 1.807) is 24.1 Å². The van der Waals surface area contributed by atoms with Crippen LogP contribution in [0.3, 0.4) is 0 Å². The highest BCUT2D eigenvalue weighted by Crippen LogP contribution is 2.22. The van der Waals surface area contributed by atoms with Gasteiger partial charge < -0.3 is 14.5 Å². The van der Waals surface area contributed by atoms with Crippen molar-refractivity contribution in [2.45, 2.75) is 6.92 Å². The average Bonchev–Trinajstić information content (AvgIpc) is 2.67. The van der Waals surface area contributed by atoms with E-state index >= 15 is 0 Å². The molecule has 0 aliphatic carbocycles. The van der Waals surface area contributed by atoms with E-state index in [0.29, 0.717) is 31.7 Å². The lowest BCUT2D eigenvalue weighted by molar-refractivity contribution is -0.126. The number of carbonyl (C=O) groups is 2. The molecular weight excluding hydrogens is 316 g/mol. The van der Waals surface area contributed by atoms with Crippen LogP contribution in [0.5, 0.6) is 5.75 Å². The summed E-state index contributed by atoms with van der Waals surface area (Å²) in [5, 5.41) is 0. The van der Waals surface area contributed by atoms with Crippen molar-refractivity contribution in [2.24, 2.45) is 0 Å². The van der Waals surface area contributed by atoms with Gasteiger partial charge in [-0.3, -0.25) is 9.59 Å². The fourth-order valence-electron chi connectivity index (χ4n) is 2.95. The van der Waals surface area contributed by atoms with E-state index in [2.05, 4.69) is 4.90 Å². The molecule has 1 amide bonds. The maximum Gasteiger partial charge on any atom is 0.295 e. The standard InChI is InChI=1S/C20H22N2O3/c1-15-6-8-16(9-7-15)19(23)20(24)22-12-10-21(11-13-22)17-4-3-5-18(14-17)25-2/h3-9,14H,10-13H2,1-2H3. The number of ether oxygens (including phenoxy) is 1. The zero-order chi connectivity index (χ0) is 17.8. The van der Waals surface area contributed by atoms with Gasteiger partial charge >= 0.3 is 0 Å². The maximum absolute atomic E-state index is 12.5. The number of methoxy groups -OCH3 is 1. The van der Waals surface area contributed by atoms with E-state index in [1.807, 2.05) is 43.3 Å². The molecular formula is C20H22N2O3. The predicted molar refractivity (Wildman–Crippen MR) is 97.3 cm³/mol. The van der Waals surface area contributed by atoms with Gasteiger partial charge in [-0.25, -0.2) is 0 Å². The fourth-order valence-corrected chi connectivity index (χ4v) is 2.95. The van der Waals surface area contributed by atoms with E-state index in [0.717, 1.165) is 17.0 Å². The van der Waals surface area contributed by atoms with Gasteiger partial charge in [-0.05, 0) is 19.1 Å². The number of Topliss-reactive ketones (excluding diaryl/α,β-unsaturated/α-hetero) is 1. The normalized spacial score (nSPS) is 14.3. The monoisotopic (exact) mass is 338 g/mol. The number of rotatable bonds is 4. The molecule has 0 radical (unpaired) electrons. The van der Waals surface area contributed by atoms with Crippen molar-refractivity contribution in [1.82, 2.24) is 4.90 Å². The van der Waals surface area contributed by atoms with Crippen LogP contribution in [0, 0.1) is 6.92 Å². The summed E-state index contributed by atoms with van der Waals surface area (Å²) in [5.41, 5.74) is 2.58. The third-order valence-corrected chi connectivity index (χ3v) is 4.49. The summed E-state index contributed by atoms with van der Waals surface area (Å²) in [6, 6.07) is 15.0. The minimum absolute atomic E-state index is 0.422. The zero-order valence-corrected chi connectivity index (χ0v) is 14.6. The Morgan fingerprint density at radius 3 is 2.28 bits per heavy atom. The minimum atomic E-state index is -0.435. The van der Waals surface area contributed by atoms with E-state index in [-0.39, 0.29) is 0 Å². The van der Waals surface area contributed by atoms with Gasteiger partial charge in [-0.15, -0.1) is 0 Å². The highest BCUT2D eigenvalue weighted by molar-refractivity contribution is 6.42. The van der Waals surface area contributed by atoms with Gasteiger partial charge in [0.15, 0.2) is 0 Å². The number of nitrogens with zero attached hydrogens (tertiary/aromatic N) is 2. The van der Waals surface area contributed by atoms with Gasteiger partial charge in [0.05, 0.1) is 7.11 Å². The predicted octanol–water partition coefficient (Wildman–Crippen LogP) is 2.54. The second-order valence-electron chi connectivity index (χ2n) is 6.18. The molecule has 0 bridgehead atoms. The van der Waals surface area contributed by atoms with Gasteiger partial charge in [0.2, 0.25) is 5.78 Å². The summed E-state index contributed by atoms with van der Waals surface area (Å²) in [7, 11) is 1.65. The fraction of sp³-hybridized carbons (Fsp3) is 0.300. The van der Waals surface area contributed by atoms with Crippen LogP contribution in [0.25, 0.3) is 0 Å². The van der Waals surface area contributed by atoms with Crippen LogP contribution in [-0.2, 0) is 4.79 Å². The quantitative estimate of drug-likeness (QED) is 0.635. The molecule has 2 aromatic rings. The number of piperazine rings is 1. The molecule has 2 aromatic carbocycles. The zero-order valence-electron chi connectivity index (χ0n) is 14.6. The molecule has 0 spiro atoms. The maximum atomic E-state index is 12.5. The Hall–Kier alpha value is -2.82. The van der Waals surface area contributed by atoms with Crippen molar-refractivity contribution in [3.05, 3.63) is 59.7 Å². The summed E-state index contributed by atoms with van der Waals surface area (Å²) in [5.74, 6) is -0.0467. The number of anilines is 1. The number of hydrogen-bond donors (Lipinski definition) is 0. The molecule has 5 heteroatoms. The van der Waals surface area contributed by atoms with E-state index < -0.39 is 11.7 Å². The smallest absolute Gasteiger partial charge is 0.295 e. The van der Waals surface area contributed by atoms with Crippen LogP contribution >= 0.6 is 0 Å². The summed E-state index contributed by atoms with van der Waals surface area (Å²) < 4.78 is 5.26. The minimum Gasteiger partial charge on any atom is -0.497 e. The molecule has 1 aliphatic heterocycles. The molecule has 0 unspecified atom stereocenters. The Morgan fingerprint density at radius 1 is 0.960 bits per heavy atom. The highest BCUT2D eigenvalue weighted by atomic mass is 16.5. The number of ketones is 1. The lowest BCUT2D eigenvalue weighted by Crippen LogP contribution is -2.50. The number of carbonyl (C=O) groups excluding carboxylic acids is 2. The summed E-state index contributed by atoms with van der Waals surface area (Å²) in [6.45, 7) is 4.41. The molecule has 0 aromatic heterocycles. The van der Waals surface area contributed by atoms with Crippen LogP contribution < -0.4 is 9.64 Å².